The number of nitrogens with zero attached hydrogens (tertiary/aromatic N) is 1. The fourth-order valence-corrected chi connectivity index (χ4v) is 1.37. The van der Waals surface area contributed by atoms with Crippen molar-refractivity contribution < 1.29 is 9.53 Å². The predicted molar refractivity (Wildman–Crippen MR) is 57.1 cm³/mol. The van der Waals surface area contributed by atoms with Crippen LogP contribution in [-0.4, -0.2) is 17.7 Å². The topological polar surface area (TPSA) is 42.7 Å². The molecule has 1 amide bonds. The van der Waals surface area contributed by atoms with E-state index >= 15 is 0 Å². The van der Waals surface area contributed by atoms with Gasteiger partial charge in [0.1, 0.15) is 5.60 Å². The van der Waals surface area contributed by atoms with Gasteiger partial charge in [-0.25, -0.2) is 9.64 Å². The van der Waals surface area contributed by atoms with E-state index in [1.165, 1.54) is 0 Å². The molecule has 0 aromatic carbocycles. The van der Waals surface area contributed by atoms with Crippen LogP contribution >= 0.6 is 0 Å². The summed E-state index contributed by atoms with van der Waals surface area (Å²) in [5.74, 6) is 0. The Balaban J connectivity index is 2.41. The highest BCUT2D eigenvalue weighted by atomic mass is 16.6. The average Bonchev–Trinajstić information content (AvgIpc) is 2.48. The van der Waals surface area contributed by atoms with Gasteiger partial charge in [0.25, 0.3) is 0 Å². The van der Waals surface area contributed by atoms with Crippen molar-refractivity contribution in [2.75, 3.05) is 0 Å². The lowest BCUT2D eigenvalue weighted by atomic mass is 10.2. The molecular formula is C11H16N2O2. The van der Waals surface area contributed by atoms with Gasteiger partial charge in [-0.15, -0.1) is 0 Å². The highest BCUT2D eigenvalue weighted by Gasteiger charge is 2.21. The first-order chi connectivity index (χ1) is 6.90. The molecule has 1 rings (SSSR count). The molecule has 1 aliphatic rings. The molecule has 82 valence electrons. The van der Waals surface area contributed by atoms with E-state index in [9.17, 15) is 4.79 Å². The molecule has 0 radical (unpaired) electrons. The highest BCUT2D eigenvalue weighted by molar-refractivity contribution is 5.68. The number of ether oxygens (including phenoxy) is 1. The molecule has 4 heteroatoms. The number of carbonyl (C=O) groups excluding carboxylic acids is 1. The second-order valence-corrected chi connectivity index (χ2v) is 4.56. The van der Waals surface area contributed by atoms with Crippen molar-refractivity contribution in [1.82, 2.24) is 5.32 Å². The highest BCUT2D eigenvalue weighted by Crippen LogP contribution is 2.19. The minimum atomic E-state index is -0.477. The van der Waals surface area contributed by atoms with Gasteiger partial charge in [0, 0.05) is 6.04 Å². The van der Waals surface area contributed by atoms with Gasteiger partial charge in [0.05, 0.1) is 6.57 Å². The lowest BCUT2D eigenvalue weighted by molar-refractivity contribution is 0.0514. The fraction of sp³-hybridized carbons (Fsp3) is 0.636. The van der Waals surface area contributed by atoms with E-state index in [0.29, 0.717) is 0 Å². The van der Waals surface area contributed by atoms with Crippen LogP contribution in [0.5, 0.6) is 0 Å². The van der Waals surface area contributed by atoms with Crippen LogP contribution < -0.4 is 5.32 Å². The van der Waals surface area contributed by atoms with Crippen LogP contribution in [0.15, 0.2) is 11.8 Å². The molecule has 0 saturated carbocycles. The Morgan fingerprint density at radius 2 is 2.33 bits per heavy atom. The number of hydrogen-bond donors (Lipinski definition) is 1. The molecule has 0 aliphatic heterocycles. The van der Waals surface area contributed by atoms with E-state index < -0.39 is 11.7 Å². The number of rotatable bonds is 1. The Morgan fingerprint density at radius 3 is 2.80 bits per heavy atom. The molecule has 0 aromatic heterocycles. The fourth-order valence-electron chi connectivity index (χ4n) is 1.37. The maximum Gasteiger partial charge on any atom is 0.408 e. The Hall–Kier alpha value is -1.50. The predicted octanol–water partition coefficient (Wildman–Crippen LogP) is 2.48. The summed E-state index contributed by atoms with van der Waals surface area (Å²) in [4.78, 5) is 14.7. The van der Waals surface area contributed by atoms with E-state index in [1.807, 2.05) is 20.8 Å². The molecule has 1 N–H and O–H groups in total. The molecule has 0 spiro atoms. The minimum absolute atomic E-state index is 0.0519. The largest absolute Gasteiger partial charge is 0.444 e. The van der Waals surface area contributed by atoms with E-state index in [2.05, 4.69) is 10.2 Å². The molecule has 0 bridgehead atoms. The smallest absolute Gasteiger partial charge is 0.408 e. The van der Waals surface area contributed by atoms with Gasteiger partial charge in [0.15, 0.2) is 5.70 Å². The quantitative estimate of drug-likeness (QED) is 0.673. The summed E-state index contributed by atoms with van der Waals surface area (Å²) in [6.45, 7) is 12.3. The molecule has 1 atom stereocenters. The zero-order valence-corrected chi connectivity index (χ0v) is 9.33. The van der Waals surface area contributed by atoms with Crippen molar-refractivity contribution in [2.45, 2.75) is 45.3 Å². The first kappa shape index (κ1) is 11.6. The summed E-state index contributed by atoms with van der Waals surface area (Å²) in [6, 6.07) is -0.0519. The molecule has 15 heavy (non-hydrogen) atoms. The maximum absolute atomic E-state index is 11.4. The lowest BCUT2D eigenvalue weighted by Gasteiger charge is -2.21. The zero-order chi connectivity index (χ0) is 11.5. The number of hydrogen-bond acceptors (Lipinski definition) is 2. The Bertz CT molecular complexity index is 320. The van der Waals surface area contributed by atoms with Crippen LogP contribution in [0.3, 0.4) is 0 Å². The van der Waals surface area contributed by atoms with Gasteiger partial charge in [0.2, 0.25) is 0 Å². The second-order valence-electron chi connectivity index (χ2n) is 4.56. The normalized spacial score (nSPS) is 20.4. The average molecular weight is 208 g/mol. The first-order valence-electron chi connectivity index (χ1n) is 4.98. The number of amides is 1. The van der Waals surface area contributed by atoms with E-state index in [1.54, 1.807) is 6.08 Å². The maximum atomic E-state index is 11.4. The van der Waals surface area contributed by atoms with E-state index in [-0.39, 0.29) is 6.04 Å². The van der Waals surface area contributed by atoms with Crippen LogP contribution in [0.1, 0.15) is 33.6 Å². The summed E-state index contributed by atoms with van der Waals surface area (Å²) < 4.78 is 5.11. The monoisotopic (exact) mass is 208 g/mol. The molecule has 0 aromatic rings. The Labute approximate surface area is 90.1 Å². The summed E-state index contributed by atoms with van der Waals surface area (Å²) in [5, 5.41) is 2.72. The summed E-state index contributed by atoms with van der Waals surface area (Å²) >= 11 is 0. The van der Waals surface area contributed by atoms with Crippen molar-refractivity contribution in [3.8, 4) is 0 Å². The lowest BCUT2D eigenvalue weighted by Crippen LogP contribution is -2.37. The van der Waals surface area contributed by atoms with Crippen LogP contribution in [0.25, 0.3) is 4.85 Å². The Morgan fingerprint density at radius 1 is 1.67 bits per heavy atom. The van der Waals surface area contributed by atoms with Crippen LogP contribution in [0, 0.1) is 6.57 Å². The van der Waals surface area contributed by atoms with Crippen molar-refractivity contribution in [3.05, 3.63) is 23.2 Å². The number of carbonyl (C=O) groups is 1. The SMILES string of the molecule is [C-]#[N+]C1=CC(NC(=O)OC(C)(C)C)CC1. The zero-order valence-electron chi connectivity index (χ0n) is 9.33. The molecular weight excluding hydrogens is 192 g/mol. The second kappa shape index (κ2) is 4.35. The van der Waals surface area contributed by atoms with Gasteiger partial charge >= 0.3 is 6.09 Å². The van der Waals surface area contributed by atoms with Crippen molar-refractivity contribution in [1.29, 1.82) is 0 Å². The molecule has 1 unspecified atom stereocenters. The number of allylic oxidation sites excluding steroid dienone is 1. The van der Waals surface area contributed by atoms with Gasteiger partial charge in [-0.05, 0) is 33.6 Å². The number of nitrogens with one attached hydrogen (secondary N) is 1. The Kier molecular flexibility index (Phi) is 3.35. The van der Waals surface area contributed by atoms with Crippen LogP contribution in [0.2, 0.25) is 0 Å². The molecule has 0 heterocycles. The summed E-state index contributed by atoms with van der Waals surface area (Å²) in [6.07, 6.45) is 2.90. The van der Waals surface area contributed by atoms with Crippen LogP contribution in [-0.2, 0) is 4.74 Å². The van der Waals surface area contributed by atoms with Crippen LogP contribution in [0.4, 0.5) is 4.79 Å². The summed E-state index contributed by atoms with van der Waals surface area (Å²) in [7, 11) is 0. The third-order valence-corrected chi connectivity index (χ3v) is 1.95. The van der Waals surface area contributed by atoms with E-state index in [0.717, 1.165) is 18.5 Å². The van der Waals surface area contributed by atoms with Gasteiger partial charge < -0.3 is 10.1 Å². The molecule has 4 nitrogen and oxygen atoms in total. The van der Waals surface area contributed by atoms with Crippen molar-refractivity contribution >= 4 is 6.09 Å². The molecule has 0 fully saturated rings. The number of alkyl carbamates (subject to hydrolysis) is 1. The van der Waals surface area contributed by atoms with Gasteiger partial charge in [-0.3, -0.25) is 0 Å². The van der Waals surface area contributed by atoms with Gasteiger partial charge in [-0.1, -0.05) is 6.08 Å². The summed E-state index contributed by atoms with van der Waals surface area (Å²) in [5.41, 5.74) is 0.241. The first-order valence-corrected chi connectivity index (χ1v) is 4.98. The third kappa shape index (κ3) is 4.03. The molecule has 0 saturated heterocycles. The van der Waals surface area contributed by atoms with Crippen molar-refractivity contribution in [3.63, 3.8) is 0 Å². The standard InChI is InChI=1S/C11H16N2O2/c1-11(2,3)15-10(14)13-9-6-5-8(7-9)12-4/h7,9H,5-6H2,1-3H3,(H,13,14). The molecule has 1 aliphatic carbocycles. The minimum Gasteiger partial charge on any atom is -0.444 e. The van der Waals surface area contributed by atoms with Gasteiger partial charge in [-0.2, -0.15) is 0 Å². The third-order valence-electron chi connectivity index (χ3n) is 1.95. The van der Waals surface area contributed by atoms with Crippen molar-refractivity contribution in [2.24, 2.45) is 0 Å². The van der Waals surface area contributed by atoms with E-state index in [4.69, 9.17) is 11.3 Å².